The van der Waals surface area contributed by atoms with Gasteiger partial charge in [0.05, 0.1) is 0 Å². The van der Waals surface area contributed by atoms with Crippen LogP contribution in [0.1, 0.15) is 29.5 Å². The lowest BCUT2D eigenvalue weighted by molar-refractivity contribution is 0.0787. The Morgan fingerprint density at radius 3 is 2.75 bits per heavy atom. The van der Waals surface area contributed by atoms with Crippen LogP contribution in [-0.2, 0) is 0 Å². The largest absolute Gasteiger partial charge is 0.360 e. The van der Waals surface area contributed by atoms with Crippen LogP contribution in [0, 0.1) is 12.8 Å². The van der Waals surface area contributed by atoms with Crippen LogP contribution in [0.15, 0.2) is 34.9 Å². The Hall–Kier alpha value is -2.10. The summed E-state index contributed by atoms with van der Waals surface area (Å²) in [4.78, 5) is 14.6. The summed E-state index contributed by atoms with van der Waals surface area (Å²) in [6.07, 6.45) is 1.07. The number of likely N-dealkylation sites (tertiary alicyclic amines) is 1. The van der Waals surface area contributed by atoms with Crippen molar-refractivity contribution in [3.8, 4) is 11.3 Å². The van der Waals surface area contributed by atoms with Crippen molar-refractivity contribution in [3.63, 3.8) is 0 Å². The van der Waals surface area contributed by atoms with Gasteiger partial charge in [0.2, 0.25) is 0 Å². The van der Waals surface area contributed by atoms with Crippen LogP contribution in [0.2, 0.25) is 0 Å². The molecule has 1 aromatic heterocycles. The summed E-state index contributed by atoms with van der Waals surface area (Å²) in [5.74, 6) is 1.19. The number of carbonyl (C=O) groups excluding carboxylic acids is 1. The summed E-state index contributed by atoms with van der Waals surface area (Å²) in [7, 11) is 0. The lowest BCUT2D eigenvalue weighted by Crippen LogP contribution is -2.29. The van der Waals surface area contributed by atoms with E-state index in [2.05, 4.69) is 12.1 Å². The summed E-state index contributed by atoms with van der Waals surface area (Å²) in [5.41, 5.74) is 2.16. The number of benzene rings is 1. The van der Waals surface area contributed by atoms with Crippen LogP contribution >= 0.6 is 0 Å². The molecule has 1 saturated heterocycles. The molecule has 2 aromatic rings. The maximum Gasteiger partial charge on any atom is 0.259 e. The van der Waals surface area contributed by atoms with Crippen LogP contribution in [0.3, 0.4) is 0 Å². The van der Waals surface area contributed by atoms with Crippen LogP contribution in [0.4, 0.5) is 0 Å². The third-order valence-electron chi connectivity index (χ3n) is 3.83. The van der Waals surface area contributed by atoms with Gasteiger partial charge in [-0.2, -0.15) is 0 Å². The van der Waals surface area contributed by atoms with Gasteiger partial charge in [0, 0.05) is 18.7 Å². The van der Waals surface area contributed by atoms with E-state index in [1.54, 1.807) is 6.92 Å². The Morgan fingerprint density at radius 2 is 2.10 bits per heavy atom. The van der Waals surface area contributed by atoms with Gasteiger partial charge in [-0.15, -0.1) is 0 Å². The zero-order valence-electron chi connectivity index (χ0n) is 11.8. The maximum atomic E-state index is 12.7. The normalized spacial score (nSPS) is 18.5. The van der Waals surface area contributed by atoms with E-state index in [4.69, 9.17) is 4.52 Å². The molecule has 0 spiro atoms. The molecule has 2 heterocycles. The third-order valence-corrected chi connectivity index (χ3v) is 3.83. The zero-order chi connectivity index (χ0) is 14.1. The zero-order valence-corrected chi connectivity index (χ0v) is 11.8. The van der Waals surface area contributed by atoms with Crippen molar-refractivity contribution in [1.29, 1.82) is 0 Å². The Bertz CT molecular complexity index is 619. The molecule has 0 aliphatic carbocycles. The van der Waals surface area contributed by atoms with E-state index in [0.29, 0.717) is 22.9 Å². The molecule has 20 heavy (non-hydrogen) atoms. The molecule has 1 fully saturated rings. The first kappa shape index (κ1) is 12.9. The number of amides is 1. The van der Waals surface area contributed by atoms with E-state index in [1.807, 2.05) is 35.2 Å². The molecule has 104 valence electrons. The first-order valence-corrected chi connectivity index (χ1v) is 6.98. The maximum absolute atomic E-state index is 12.7. The third kappa shape index (κ3) is 2.22. The molecule has 1 aliphatic heterocycles. The number of nitrogens with zero attached hydrogens (tertiary/aromatic N) is 2. The summed E-state index contributed by atoms with van der Waals surface area (Å²) in [5, 5.41) is 4.07. The molecule has 1 unspecified atom stereocenters. The molecule has 0 bridgehead atoms. The summed E-state index contributed by atoms with van der Waals surface area (Å²) < 4.78 is 5.26. The second-order valence-electron chi connectivity index (χ2n) is 5.47. The quantitative estimate of drug-likeness (QED) is 0.842. The molecular formula is C16H18N2O2. The van der Waals surface area contributed by atoms with Gasteiger partial charge in [0.1, 0.15) is 17.0 Å². The van der Waals surface area contributed by atoms with Crippen molar-refractivity contribution < 1.29 is 9.32 Å². The second-order valence-corrected chi connectivity index (χ2v) is 5.47. The van der Waals surface area contributed by atoms with Gasteiger partial charge in [-0.1, -0.05) is 42.4 Å². The van der Waals surface area contributed by atoms with Crippen LogP contribution < -0.4 is 0 Å². The van der Waals surface area contributed by atoms with E-state index in [9.17, 15) is 4.79 Å². The van der Waals surface area contributed by atoms with Gasteiger partial charge >= 0.3 is 0 Å². The standard InChI is InChI=1S/C16H18N2O2/c1-11-8-9-18(10-11)16(19)14-12(2)20-17-15(14)13-6-4-3-5-7-13/h3-7,11H,8-10H2,1-2H3. The number of rotatable bonds is 2. The van der Waals surface area contributed by atoms with Gasteiger partial charge in [0.25, 0.3) is 5.91 Å². The summed E-state index contributed by atoms with van der Waals surface area (Å²) in [6, 6.07) is 9.71. The van der Waals surface area contributed by atoms with Crippen molar-refractivity contribution in [1.82, 2.24) is 10.1 Å². The van der Waals surface area contributed by atoms with Gasteiger partial charge < -0.3 is 9.42 Å². The Kier molecular flexibility index (Phi) is 3.30. The van der Waals surface area contributed by atoms with Crippen LogP contribution in [0.25, 0.3) is 11.3 Å². The molecule has 0 radical (unpaired) electrons. The van der Waals surface area contributed by atoms with Crippen molar-refractivity contribution in [2.45, 2.75) is 20.3 Å². The number of aromatic nitrogens is 1. The van der Waals surface area contributed by atoms with Gasteiger partial charge in [-0.25, -0.2) is 0 Å². The molecule has 0 saturated carbocycles. The highest BCUT2D eigenvalue weighted by atomic mass is 16.5. The van der Waals surface area contributed by atoms with Crippen molar-refractivity contribution in [2.75, 3.05) is 13.1 Å². The predicted octanol–water partition coefficient (Wildman–Crippen LogP) is 3.13. The van der Waals surface area contributed by atoms with E-state index >= 15 is 0 Å². The highest BCUT2D eigenvalue weighted by molar-refractivity contribution is 6.00. The number of aryl methyl sites for hydroxylation is 1. The molecule has 1 amide bonds. The van der Waals surface area contributed by atoms with Crippen LogP contribution in [-0.4, -0.2) is 29.1 Å². The molecular weight excluding hydrogens is 252 g/mol. The lowest BCUT2D eigenvalue weighted by Gasteiger charge is -2.15. The molecule has 1 aromatic carbocycles. The molecule has 1 atom stereocenters. The van der Waals surface area contributed by atoms with Crippen molar-refractivity contribution in [2.24, 2.45) is 5.92 Å². The molecule has 3 rings (SSSR count). The highest BCUT2D eigenvalue weighted by Gasteiger charge is 2.29. The first-order chi connectivity index (χ1) is 9.66. The first-order valence-electron chi connectivity index (χ1n) is 6.98. The summed E-state index contributed by atoms with van der Waals surface area (Å²) in [6.45, 7) is 5.61. The van der Waals surface area contributed by atoms with Gasteiger partial charge in [-0.3, -0.25) is 4.79 Å². The van der Waals surface area contributed by atoms with Crippen LogP contribution in [0.5, 0.6) is 0 Å². The molecule has 1 aliphatic rings. The van der Waals surface area contributed by atoms with E-state index in [-0.39, 0.29) is 5.91 Å². The number of carbonyl (C=O) groups is 1. The Morgan fingerprint density at radius 1 is 1.35 bits per heavy atom. The smallest absolute Gasteiger partial charge is 0.259 e. The fraction of sp³-hybridized carbons (Fsp3) is 0.375. The van der Waals surface area contributed by atoms with Gasteiger partial charge in [0.15, 0.2) is 0 Å². The van der Waals surface area contributed by atoms with E-state index in [0.717, 1.165) is 25.1 Å². The summed E-state index contributed by atoms with van der Waals surface area (Å²) >= 11 is 0. The molecule has 4 heteroatoms. The average molecular weight is 270 g/mol. The fourth-order valence-electron chi connectivity index (χ4n) is 2.69. The van der Waals surface area contributed by atoms with E-state index < -0.39 is 0 Å². The Labute approximate surface area is 118 Å². The van der Waals surface area contributed by atoms with Crippen molar-refractivity contribution >= 4 is 5.91 Å². The van der Waals surface area contributed by atoms with Gasteiger partial charge in [-0.05, 0) is 19.3 Å². The number of hydrogen-bond acceptors (Lipinski definition) is 3. The lowest BCUT2D eigenvalue weighted by atomic mass is 10.1. The topological polar surface area (TPSA) is 46.3 Å². The minimum Gasteiger partial charge on any atom is -0.360 e. The van der Waals surface area contributed by atoms with Crippen molar-refractivity contribution in [3.05, 3.63) is 41.7 Å². The fourth-order valence-corrected chi connectivity index (χ4v) is 2.69. The highest BCUT2D eigenvalue weighted by Crippen LogP contribution is 2.28. The predicted molar refractivity (Wildman–Crippen MR) is 76.4 cm³/mol. The average Bonchev–Trinajstić information content (AvgIpc) is 3.05. The second kappa shape index (κ2) is 5.12. The number of hydrogen-bond donors (Lipinski definition) is 0. The van der Waals surface area contributed by atoms with E-state index in [1.165, 1.54) is 0 Å². The monoisotopic (exact) mass is 270 g/mol. The SMILES string of the molecule is Cc1onc(-c2ccccc2)c1C(=O)N1CCC(C)C1. The minimum atomic E-state index is 0.0342. The Balaban J connectivity index is 1.97. The molecule has 0 N–H and O–H groups in total. The molecule has 4 nitrogen and oxygen atoms in total. The minimum absolute atomic E-state index is 0.0342.